The minimum absolute atomic E-state index is 0.0169. The van der Waals surface area contributed by atoms with Crippen molar-refractivity contribution in [1.82, 2.24) is 10.2 Å². The number of alkyl halides is 2. The summed E-state index contributed by atoms with van der Waals surface area (Å²) in [6.45, 7) is -0.00811. The lowest BCUT2D eigenvalue weighted by molar-refractivity contribution is -0.124. The molecule has 0 saturated carbocycles. The molecule has 1 N–H and O–H groups in total. The zero-order chi connectivity index (χ0) is 19.8. The molecule has 0 bridgehead atoms. The Morgan fingerprint density at radius 3 is 2.64 bits per heavy atom. The number of rotatable bonds is 8. The number of amides is 1. The highest BCUT2D eigenvalue weighted by Crippen LogP contribution is 2.21. The van der Waals surface area contributed by atoms with Gasteiger partial charge in [-0.2, -0.15) is 8.78 Å². The molecule has 0 spiro atoms. The van der Waals surface area contributed by atoms with Crippen LogP contribution in [0.5, 0.6) is 5.75 Å². The zero-order valence-corrected chi connectivity index (χ0v) is 15.5. The molecule has 28 heavy (non-hydrogen) atoms. The van der Waals surface area contributed by atoms with Gasteiger partial charge in [-0.15, -0.1) is 0 Å². The maximum Gasteiger partial charge on any atom is 0.387 e. The van der Waals surface area contributed by atoms with Crippen molar-refractivity contribution in [2.75, 3.05) is 32.8 Å². The summed E-state index contributed by atoms with van der Waals surface area (Å²) in [5, 5.41) is 2.91. The van der Waals surface area contributed by atoms with Crippen LogP contribution < -0.4 is 10.1 Å². The van der Waals surface area contributed by atoms with Crippen molar-refractivity contribution < 1.29 is 23.0 Å². The summed E-state index contributed by atoms with van der Waals surface area (Å²) < 4.78 is 34.4. The number of carbonyl (C=O) groups is 1. The van der Waals surface area contributed by atoms with E-state index in [4.69, 9.17) is 4.74 Å². The zero-order valence-electron chi connectivity index (χ0n) is 15.5. The number of carbonyl (C=O) groups excluding carboxylic acids is 1. The molecule has 1 aliphatic heterocycles. The van der Waals surface area contributed by atoms with Crippen molar-refractivity contribution in [3.05, 3.63) is 65.7 Å². The number of hydrogen-bond donors (Lipinski definition) is 1. The Labute approximate surface area is 163 Å². The second kappa shape index (κ2) is 10.1. The molecule has 0 aliphatic carbocycles. The van der Waals surface area contributed by atoms with E-state index in [-0.39, 0.29) is 17.8 Å². The lowest BCUT2D eigenvalue weighted by Crippen LogP contribution is -2.44. The summed E-state index contributed by atoms with van der Waals surface area (Å²) in [6, 6.07) is 16.4. The van der Waals surface area contributed by atoms with Gasteiger partial charge in [0.1, 0.15) is 5.75 Å². The Balaban J connectivity index is 1.39. The van der Waals surface area contributed by atoms with E-state index in [1.54, 1.807) is 12.1 Å². The molecule has 7 heteroatoms. The minimum atomic E-state index is -2.83. The largest absolute Gasteiger partial charge is 0.435 e. The Morgan fingerprint density at radius 1 is 1.18 bits per heavy atom. The van der Waals surface area contributed by atoms with Gasteiger partial charge in [0.2, 0.25) is 5.91 Å². The predicted octanol–water partition coefficient (Wildman–Crippen LogP) is 3.02. The van der Waals surface area contributed by atoms with Gasteiger partial charge in [0.25, 0.3) is 0 Å². The summed E-state index contributed by atoms with van der Waals surface area (Å²) in [4.78, 5) is 14.3. The number of halogens is 2. The Morgan fingerprint density at radius 2 is 1.93 bits per heavy atom. The monoisotopic (exact) mass is 390 g/mol. The van der Waals surface area contributed by atoms with Gasteiger partial charge in [-0.05, 0) is 29.7 Å². The number of nitrogens with zero attached hydrogens (tertiary/aromatic N) is 1. The first-order chi connectivity index (χ1) is 13.6. The van der Waals surface area contributed by atoms with E-state index in [0.717, 1.165) is 17.7 Å². The highest BCUT2D eigenvalue weighted by atomic mass is 19.3. The Hall–Kier alpha value is -2.51. The fourth-order valence-corrected chi connectivity index (χ4v) is 3.16. The van der Waals surface area contributed by atoms with Crippen LogP contribution in [0.1, 0.15) is 17.2 Å². The molecule has 1 aliphatic rings. The van der Waals surface area contributed by atoms with E-state index in [0.29, 0.717) is 32.7 Å². The molecule has 1 fully saturated rings. The first-order valence-corrected chi connectivity index (χ1v) is 9.29. The van der Waals surface area contributed by atoms with E-state index in [9.17, 15) is 13.6 Å². The van der Waals surface area contributed by atoms with Crippen molar-refractivity contribution in [3.63, 3.8) is 0 Å². The van der Waals surface area contributed by atoms with Crippen LogP contribution in [-0.4, -0.2) is 50.2 Å². The van der Waals surface area contributed by atoms with Gasteiger partial charge in [-0.3, -0.25) is 9.69 Å². The molecule has 1 atom stereocenters. The molecule has 2 aromatic carbocycles. The van der Waals surface area contributed by atoms with Crippen LogP contribution in [0.25, 0.3) is 0 Å². The van der Waals surface area contributed by atoms with Gasteiger partial charge in [-0.1, -0.05) is 42.5 Å². The van der Waals surface area contributed by atoms with Crippen LogP contribution in [-0.2, 0) is 16.0 Å². The minimum Gasteiger partial charge on any atom is -0.435 e. The van der Waals surface area contributed by atoms with Gasteiger partial charge in [-0.25, -0.2) is 0 Å². The highest BCUT2D eigenvalue weighted by molar-refractivity contribution is 5.78. The first-order valence-electron chi connectivity index (χ1n) is 9.29. The lowest BCUT2D eigenvalue weighted by atomic mass is 10.1. The highest BCUT2D eigenvalue weighted by Gasteiger charge is 2.23. The van der Waals surface area contributed by atoms with Crippen molar-refractivity contribution in [2.24, 2.45) is 0 Å². The lowest BCUT2D eigenvalue weighted by Gasteiger charge is -2.32. The topological polar surface area (TPSA) is 50.8 Å². The van der Waals surface area contributed by atoms with Crippen LogP contribution >= 0.6 is 0 Å². The summed E-state index contributed by atoms with van der Waals surface area (Å²) in [6.07, 6.45) is 0.605. The van der Waals surface area contributed by atoms with Crippen molar-refractivity contribution in [2.45, 2.75) is 19.1 Å². The summed E-state index contributed by atoms with van der Waals surface area (Å²) in [5.74, 6) is 0.0921. The number of nitrogens with one attached hydrogen (secondary N) is 1. The molecule has 1 unspecified atom stereocenters. The molecule has 3 rings (SSSR count). The predicted molar refractivity (Wildman–Crippen MR) is 101 cm³/mol. The van der Waals surface area contributed by atoms with Crippen LogP contribution in [0.2, 0.25) is 0 Å². The molecule has 1 saturated heterocycles. The Kier molecular flexibility index (Phi) is 7.33. The molecule has 1 amide bonds. The van der Waals surface area contributed by atoms with E-state index < -0.39 is 6.61 Å². The van der Waals surface area contributed by atoms with Crippen LogP contribution in [0.15, 0.2) is 54.6 Å². The second-order valence-electron chi connectivity index (χ2n) is 6.63. The third kappa shape index (κ3) is 6.28. The molecule has 0 radical (unpaired) electrons. The van der Waals surface area contributed by atoms with Crippen LogP contribution in [0, 0.1) is 0 Å². The van der Waals surface area contributed by atoms with Gasteiger partial charge < -0.3 is 14.8 Å². The summed E-state index contributed by atoms with van der Waals surface area (Å²) in [7, 11) is 0. The number of benzene rings is 2. The van der Waals surface area contributed by atoms with E-state index in [1.165, 1.54) is 12.1 Å². The smallest absolute Gasteiger partial charge is 0.387 e. The van der Waals surface area contributed by atoms with E-state index >= 15 is 0 Å². The van der Waals surface area contributed by atoms with Crippen LogP contribution in [0.3, 0.4) is 0 Å². The molecular formula is C21H24F2N2O3. The molecule has 5 nitrogen and oxygen atoms in total. The maximum absolute atomic E-state index is 12.2. The fraction of sp³-hybridized carbons (Fsp3) is 0.381. The third-order valence-corrected chi connectivity index (χ3v) is 4.57. The normalized spacial score (nSPS) is 17.5. The standard InChI is InChI=1S/C21H24F2N2O3/c22-21(23)28-18-8-6-16(7-9-18)10-11-24-20(26)15-25-12-13-27-19(14-25)17-4-2-1-3-5-17/h1-9,19,21H,10-15H2,(H,24,26). The van der Waals surface area contributed by atoms with Crippen molar-refractivity contribution in [1.29, 1.82) is 0 Å². The molecule has 2 aromatic rings. The number of ether oxygens (including phenoxy) is 2. The van der Waals surface area contributed by atoms with Crippen LogP contribution in [0.4, 0.5) is 8.78 Å². The second-order valence-corrected chi connectivity index (χ2v) is 6.63. The average Bonchev–Trinajstić information content (AvgIpc) is 2.70. The SMILES string of the molecule is O=C(CN1CCOC(c2ccccc2)C1)NCCc1ccc(OC(F)F)cc1. The first kappa shape index (κ1) is 20.2. The number of hydrogen-bond acceptors (Lipinski definition) is 4. The third-order valence-electron chi connectivity index (χ3n) is 4.57. The van der Waals surface area contributed by atoms with E-state index in [1.807, 2.05) is 30.3 Å². The van der Waals surface area contributed by atoms with Crippen molar-refractivity contribution >= 4 is 5.91 Å². The Bertz CT molecular complexity index is 741. The molecule has 1 heterocycles. The molecule has 150 valence electrons. The van der Waals surface area contributed by atoms with Gasteiger partial charge in [0, 0.05) is 19.6 Å². The maximum atomic E-state index is 12.2. The van der Waals surface area contributed by atoms with Crippen molar-refractivity contribution in [3.8, 4) is 5.75 Å². The molecule has 0 aromatic heterocycles. The fourth-order valence-electron chi connectivity index (χ4n) is 3.16. The summed E-state index contributed by atoms with van der Waals surface area (Å²) in [5.41, 5.74) is 2.06. The summed E-state index contributed by atoms with van der Waals surface area (Å²) >= 11 is 0. The number of morpholine rings is 1. The van der Waals surface area contributed by atoms with E-state index in [2.05, 4.69) is 15.0 Å². The molecular weight excluding hydrogens is 366 g/mol. The van der Waals surface area contributed by atoms with Gasteiger partial charge in [0.05, 0.1) is 19.3 Å². The average molecular weight is 390 g/mol. The van der Waals surface area contributed by atoms with Gasteiger partial charge >= 0.3 is 6.61 Å². The quantitative estimate of drug-likeness (QED) is 0.753. The van der Waals surface area contributed by atoms with Gasteiger partial charge in [0.15, 0.2) is 0 Å².